The Kier molecular flexibility index (Phi) is 5.38. The summed E-state index contributed by atoms with van der Waals surface area (Å²) in [4.78, 5) is 22.0. The maximum Gasteiger partial charge on any atom is 0.339 e. The van der Waals surface area contributed by atoms with Crippen molar-refractivity contribution in [2.24, 2.45) is 5.73 Å². The van der Waals surface area contributed by atoms with Crippen LogP contribution in [0.5, 0.6) is 5.75 Å². The van der Waals surface area contributed by atoms with Crippen molar-refractivity contribution in [1.82, 2.24) is 10.0 Å². The largest absolute Gasteiger partial charge is 0.495 e. The molecule has 4 rings (SSSR count). The smallest absolute Gasteiger partial charge is 0.339 e. The summed E-state index contributed by atoms with van der Waals surface area (Å²) in [5, 5.41) is 1.28. The van der Waals surface area contributed by atoms with Gasteiger partial charge in [0.15, 0.2) is 0 Å². The number of nitrogens with zero attached hydrogens (tertiary/aromatic N) is 2. The molecule has 1 atom stereocenters. The lowest BCUT2D eigenvalue weighted by Gasteiger charge is -2.36. The topological polar surface area (TPSA) is 77.7 Å². The number of rotatable bonds is 3. The summed E-state index contributed by atoms with van der Waals surface area (Å²) in [7, 11) is 1.59. The molecule has 0 bridgehead atoms. The minimum atomic E-state index is -0.803. The van der Waals surface area contributed by atoms with Gasteiger partial charge < -0.3 is 10.5 Å². The van der Waals surface area contributed by atoms with Gasteiger partial charge in [-0.2, -0.15) is 5.06 Å². The first-order valence-electron chi connectivity index (χ1n) is 9.53. The standard InChI is InChI=1S/C24H21N3O3/c1-29-22-15-19(16-26-17-22)11-10-18-6-5-9-21(14-18)24(20-7-3-2-4-8-20)12-13-30-27(24)23(25)28/h2-9,14-17H,12-13H2,1H3,(H2,25,28). The Hall–Kier alpha value is -3.82. The number of hydroxylamine groups is 2. The van der Waals surface area contributed by atoms with Crippen molar-refractivity contribution in [3.63, 3.8) is 0 Å². The van der Waals surface area contributed by atoms with Gasteiger partial charge in [-0.1, -0.05) is 54.3 Å². The molecule has 0 saturated carbocycles. The van der Waals surface area contributed by atoms with Crippen LogP contribution in [0.1, 0.15) is 28.7 Å². The number of hydrogen-bond acceptors (Lipinski definition) is 4. The Morgan fingerprint density at radius 3 is 2.60 bits per heavy atom. The van der Waals surface area contributed by atoms with E-state index in [0.29, 0.717) is 18.8 Å². The summed E-state index contributed by atoms with van der Waals surface area (Å²) >= 11 is 0. The fraction of sp³-hybridized carbons (Fsp3) is 0.167. The molecular formula is C24H21N3O3. The summed E-state index contributed by atoms with van der Waals surface area (Å²) in [6.07, 6.45) is 3.91. The highest BCUT2D eigenvalue weighted by Crippen LogP contribution is 2.43. The zero-order chi connectivity index (χ0) is 21.0. The zero-order valence-corrected chi connectivity index (χ0v) is 16.5. The third-order valence-corrected chi connectivity index (χ3v) is 5.12. The number of benzene rings is 2. The molecule has 2 aromatic carbocycles. The average Bonchev–Trinajstić information content (AvgIpc) is 3.25. The van der Waals surface area contributed by atoms with Gasteiger partial charge >= 0.3 is 6.03 Å². The van der Waals surface area contributed by atoms with Gasteiger partial charge in [0.1, 0.15) is 11.3 Å². The lowest BCUT2D eigenvalue weighted by molar-refractivity contribution is -0.107. The Bertz CT molecular complexity index is 1120. The van der Waals surface area contributed by atoms with Crippen LogP contribution in [-0.4, -0.2) is 29.8 Å². The van der Waals surface area contributed by atoms with Crippen LogP contribution in [0.15, 0.2) is 73.1 Å². The SMILES string of the molecule is COc1cncc(C#Cc2cccc(C3(c4ccccc4)CCON3C(N)=O)c2)c1. The number of carbonyl (C=O) groups is 1. The van der Waals surface area contributed by atoms with Gasteiger partial charge in [0, 0.05) is 23.7 Å². The monoisotopic (exact) mass is 399 g/mol. The number of urea groups is 1. The maximum absolute atomic E-state index is 12.2. The number of methoxy groups -OCH3 is 1. The van der Waals surface area contributed by atoms with Crippen molar-refractivity contribution in [2.45, 2.75) is 12.0 Å². The van der Waals surface area contributed by atoms with Crippen molar-refractivity contribution in [3.8, 4) is 17.6 Å². The summed E-state index contributed by atoms with van der Waals surface area (Å²) in [6, 6.07) is 18.8. The zero-order valence-electron chi connectivity index (χ0n) is 16.5. The second kappa shape index (κ2) is 8.27. The predicted molar refractivity (Wildman–Crippen MR) is 112 cm³/mol. The van der Waals surface area contributed by atoms with E-state index < -0.39 is 11.6 Å². The molecule has 2 N–H and O–H groups in total. The molecule has 1 fully saturated rings. The van der Waals surface area contributed by atoms with Gasteiger partial charge in [0.2, 0.25) is 0 Å². The van der Waals surface area contributed by atoms with E-state index in [9.17, 15) is 4.79 Å². The van der Waals surface area contributed by atoms with Gasteiger partial charge in [0.25, 0.3) is 0 Å². The molecule has 6 heteroatoms. The molecule has 150 valence electrons. The highest BCUT2D eigenvalue weighted by molar-refractivity contribution is 5.73. The molecule has 2 heterocycles. The van der Waals surface area contributed by atoms with Gasteiger partial charge in [0.05, 0.1) is 19.9 Å². The second-order valence-electron chi connectivity index (χ2n) is 6.89. The van der Waals surface area contributed by atoms with E-state index >= 15 is 0 Å². The Balaban J connectivity index is 1.77. The normalized spacial score (nSPS) is 17.8. The Labute approximate surface area is 175 Å². The van der Waals surface area contributed by atoms with Crippen molar-refractivity contribution >= 4 is 6.03 Å². The number of carbonyl (C=O) groups excluding carboxylic acids is 1. The molecule has 6 nitrogen and oxygen atoms in total. The highest BCUT2D eigenvalue weighted by atomic mass is 16.7. The lowest BCUT2D eigenvalue weighted by Crippen LogP contribution is -2.47. The first-order valence-corrected chi connectivity index (χ1v) is 9.53. The van der Waals surface area contributed by atoms with Crippen LogP contribution in [0, 0.1) is 11.8 Å². The molecule has 1 saturated heterocycles. The first-order chi connectivity index (χ1) is 14.6. The fourth-order valence-corrected chi connectivity index (χ4v) is 3.75. The molecule has 0 spiro atoms. The van der Waals surface area contributed by atoms with E-state index in [4.69, 9.17) is 15.3 Å². The Morgan fingerprint density at radius 2 is 1.83 bits per heavy atom. The van der Waals surface area contributed by atoms with Crippen molar-refractivity contribution < 1.29 is 14.4 Å². The number of amides is 2. The predicted octanol–water partition coefficient (Wildman–Crippen LogP) is 3.45. The van der Waals surface area contributed by atoms with E-state index in [1.165, 1.54) is 5.06 Å². The van der Waals surface area contributed by atoms with Crippen LogP contribution in [0.3, 0.4) is 0 Å². The minimum absolute atomic E-state index is 0.392. The average molecular weight is 399 g/mol. The van der Waals surface area contributed by atoms with Gasteiger partial charge in [-0.15, -0.1) is 0 Å². The number of pyridine rings is 1. The van der Waals surface area contributed by atoms with Crippen LogP contribution in [0.2, 0.25) is 0 Å². The molecule has 1 aliphatic rings. The molecule has 1 aliphatic heterocycles. The summed E-state index contributed by atoms with van der Waals surface area (Å²) in [6.45, 7) is 0.392. The molecule has 0 radical (unpaired) electrons. The van der Waals surface area contributed by atoms with Crippen molar-refractivity contribution in [1.29, 1.82) is 0 Å². The van der Waals surface area contributed by atoms with E-state index in [0.717, 1.165) is 22.3 Å². The maximum atomic E-state index is 12.2. The van der Waals surface area contributed by atoms with Crippen LogP contribution >= 0.6 is 0 Å². The van der Waals surface area contributed by atoms with Crippen molar-refractivity contribution in [3.05, 3.63) is 95.3 Å². The minimum Gasteiger partial charge on any atom is -0.495 e. The van der Waals surface area contributed by atoms with Gasteiger partial charge in [-0.25, -0.2) is 4.79 Å². The van der Waals surface area contributed by atoms with Crippen LogP contribution in [0.4, 0.5) is 4.79 Å². The lowest BCUT2D eigenvalue weighted by atomic mass is 9.80. The van der Waals surface area contributed by atoms with Gasteiger partial charge in [-0.3, -0.25) is 9.82 Å². The molecular weight excluding hydrogens is 378 g/mol. The van der Waals surface area contributed by atoms with E-state index in [1.54, 1.807) is 19.5 Å². The quantitative estimate of drug-likeness (QED) is 0.685. The third-order valence-electron chi connectivity index (χ3n) is 5.12. The molecule has 1 unspecified atom stereocenters. The number of nitrogens with two attached hydrogens (primary N) is 1. The summed E-state index contributed by atoms with van der Waals surface area (Å²) in [5.41, 5.74) is 8.24. The van der Waals surface area contributed by atoms with E-state index in [2.05, 4.69) is 16.8 Å². The number of ether oxygens (including phenoxy) is 1. The number of primary amides is 1. The summed E-state index contributed by atoms with van der Waals surface area (Å²) in [5.74, 6) is 6.93. The first kappa shape index (κ1) is 19.5. The summed E-state index contributed by atoms with van der Waals surface area (Å²) < 4.78 is 5.20. The highest BCUT2D eigenvalue weighted by Gasteiger charge is 2.47. The molecule has 3 aromatic rings. The Morgan fingerprint density at radius 1 is 1.07 bits per heavy atom. The van der Waals surface area contributed by atoms with E-state index in [-0.39, 0.29) is 0 Å². The number of aromatic nitrogens is 1. The fourth-order valence-electron chi connectivity index (χ4n) is 3.75. The van der Waals surface area contributed by atoms with Crippen LogP contribution < -0.4 is 10.5 Å². The molecule has 0 aliphatic carbocycles. The second-order valence-corrected chi connectivity index (χ2v) is 6.89. The number of hydrogen-bond donors (Lipinski definition) is 1. The molecule has 30 heavy (non-hydrogen) atoms. The third kappa shape index (κ3) is 3.59. The van der Waals surface area contributed by atoms with Crippen molar-refractivity contribution in [2.75, 3.05) is 13.7 Å². The van der Waals surface area contributed by atoms with Crippen LogP contribution in [-0.2, 0) is 10.4 Å². The molecule has 2 amide bonds. The van der Waals surface area contributed by atoms with Gasteiger partial charge in [-0.05, 0) is 29.3 Å². The molecule has 1 aromatic heterocycles. The van der Waals surface area contributed by atoms with Crippen LogP contribution in [0.25, 0.3) is 0 Å². The van der Waals surface area contributed by atoms with E-state index in [1.807, 2.05) is 60.7 Å².